The largest absolute Gasteiger partial charge is 0.481 e. The molecule has 0 saturated heterocycles. The van der Waals surface area contributed by atoms with Crippen LogP contribution in [0.2, 0.25) is 5.02 Å². The Bertz CT molecular complexity index is 2160. The third-order valence-corrected chi connectivity index (χ3v) is 17.5. The summed E-state index contributed by atoms with van der Waals surface area (Å²) in [4.78, 5) is 63.7. The summed E-state index contributed by atoms with van der Waals surface area (Å²) in [5, 5.41) is 36.5. The number of carboxylic acids is 4. The maximum Gasteiger partial charge on any atom is 0.347 e. The molecule has 0 saturated carbocycles. The normalized spacial score (nSPS) is 11.7. The number of carbonyl (C=O) groups is 6. The summed E-state index contributed by atoms with van der Waals surface area (Å²) in [6.45, 7) is 7.42. The van der Waals surface area contributed by atoms with Crippen LogP contribution in [0.1, 0.15) is 154 Å². The minimum absolute atomic E-state index is 0.0518. The number of carbonyl (C=O) groups excluding carboxylic acids is 2. The zero-order valence-corrected chi connectivity index (χ0v) is 45.8. The van der Waals surface area contributed by atoms with Crippen molar-refractivity contribution >= 4 is 118 Å². The number of ether oxygens (including phenoxy) is 1. The summed E-state index contributed by atoms with van der Waals surface area (Å²) in [7, 11) is -2.34. The van der Waals surface area contributed by atoms with Crippen molar-refractivity contribution in [1.82, 2.24) is 0 Å². The van der Waals surface area contributed by atoms with Gasteiger partial charge in [-0.15, -0.1) is 23.1 Å². The van der Waals surface area contributed by atoms with Crippen molar-refractivity contribution < 1.29 is 62.3 Å². The number of halogens is 3. The molecule has 0 fully saturated rings. The van der Waals surface area contributed by atoms with Crippen LogP contribution < -0.4 is 5.32 Å². The molecule has 1 aromatic heterocycles. The average Bonchev–Trinajstić information content (AvgIpc) is 3.66. The smallest absolute Gasteiger partial charge is 0.347 e. The van der Waals surface area contributed by atoms with Gasteiger partial charge in [0.25, 0.3) is 0 Å². The van der Waals surface area contributed by atoms with E-state index in [1.165, 1.54) is 115 Å². The number of carboxylic acid groups (broad SMARTS) is 4. The number of methoxy groups -OCH3 is 1. The number of aryl methyl sites for hydroxylation is 1. The van der Waals surface area contributed by atoms with E-state index in [0.717, 1.165) is 37.0 Å². The Morgan fingerprint density at radius 2 is 1.32 bits per heavy atom. The van der Waals surface area contributed by atoms with Gasteiger partial charge in [0.05, 0.1) is 38.4 Å². The molecule has 3 aromatic rings. The Kier molecular flexibility index (Phi) is 34.2. The molecular weight excluding hydrogens is 1090 g/mol. The van der Waals surface area contributed by atoms with Crippen LogP contribution in [0.15, 0.2) is 69.8 Å². The summed E-state index contributed by atoms with van der Waals surface area (Å²) < 4.78 is 29.2. The fourth-order valence-corrected chi connectivity index (χ4v) is 10.8. The summed E-state index contributed by atoms with van der Waals surface area (Å²) in [6, 6.07) is 13.3. The first-order valence-corrected chi connectivity index (χ1v) is 27.9. The molecule has 1 amide bonds. The lowest BCUT2D eigenvalue weighted by Gasteiger charge is -2.14. The first kappa shape index (κ1) is 64.2. The number of hydrogen-bond donors (Lipinski definition) is 5. The number of aliphatic carboxylic acids is 2. The summed E-state index contributed by atoms with van der Waals surface area (Å²) in [5.41, 5.74) is 1.99. The predicted molar refractivity (Wildman–Crippen MR) is 280 cm³/mol. The minimum Gasteiger partial charge on any atom is -0.481 e. The number of esters is 1. The van der Waals surface area contributed by atoms with E-state index < -0.39 is 60.5 Å². The molecule has 0 aliphatic rings. The molecule has 2 aromatic carbocycles. The van der Waals surface area contributed by atoms with Gasteiger partial charge in [-0.2, -0.15) is 0 Å². The molecule has 0 aliphatic heterocycles. The Hall–Kier alpha value is -3.75. The van der Waals surface area contributed by atoms with Crippen LogP contribution in [0.4, 0.5) is 5.69 Å². The number of benzene rings is 2. The number of rotatable bonds is 26. The molecule has 3 rings (SSSR count). The third kappa shape index (κ3) is 25.2. The van der Waals surface area contributed by atoms with Crippen molar-refractivity contribution in [2.75, 3.05) is 18.7 Å². The summed E-state index contributed by atoms with van der Waals surface area (Å²) in [5.74, 6) is -5.10. The van der Waals surface area contributed by atoms with Crippen LogP contribution in [0, 0.1) is 0 Å². The van der Waals surface area contributed by atoms with Gasteiger partial charge in [0.2, 0.25) is 5.91 Å². The van der Waals surface area contributed by atoms with Gasteiger partial charge in [0.1, 0.15) is 19.4 Å². The third-order valence-electron chi connectivity index (χ3n) is 9.54. The van der Waals surface area contributed by atoms with Crippen LogP contribution >= 0.6 is 66.6 Å². The van der Waals surface area contributed by atoms with Gasteiger partial charge in [-0.05, 0) is 88.5 Å². The number of anilines is 1. The molecule has 20 heteroatoms. The fourth-order valence-electron chi connectivity index (χ4n) is 5.74. The number of hydrogen-bond acceptors (Lipinski definition) is 11. The lowest BCUT2D eigenvalue weighted by molar-refractivity contribution is -0.138. The zero-order chi connectivity index (χ0) is 51.8. The highest BCUT2D eigenvalue weighted by Crippen LogP contribution is 2.42. The van der Waals surface area contributed by atoms with E-state index in [2.05, 4.69) is 67.9 Å². The monoisotopic (exact) mass is 1150 g/mol. The molecule has 2 unspecified atom stereocenters. The van der Waals surface area contributed by atoms with Gasteiger partial charge in [-0.25, -0.2) is 22.8 Å². The van der Waals surface area contributed by atoms with Crippen LogP contribution in [0.25, 0.3) is 0 Å². The Labute approximate surface area is 431 Å². The van der Waals surface area contributed by atoms with Crippen LogP contribution in [0.5, 0.6) is 0 Å². The van der Waals surface area contributed by atoms with Gasteiger partial charge in [0, 0.05) is 6.42 Å². The Balaban J connectivity index is 0.000000892. The number of alkyl halides is 2. The van der Waals surface area contributed by atoms with Gasteiger partial charge in [0.15, 0.2) is 9.84 Å². The second-order valence-corrected chi connectivity index (χ2v) is 22.1. The second-order valence-electron chi connectivity index (χ2n) is 15.3. The lowest BCUT2D eigenvalue weighted by Crippen LogP contribution is -2.35. The summed E-state index contributed by atoms with van der Waals surface area (Å²) >= 11 is 13.8. The predicted octanol–water partition coefficient (Wildman–Crippen LogP) is 13.1. The second kappa shape index (κ2) is 36.2. The number of thioether (sulfide) groups is 1. The number of nitrogens with one attached hydrogen (secondary N) is 1. The maximum atomic E-state index is 12.1. The van der Waals surface area contributed by atoms with Crippen molar-refractivity contribution in [3.63, 3.8) is 0 Å². The molecule has 380 valence electrons. The van der Waals surface area contributed by atoms with E-state index >= 15 is 0 Å². The van der Waals surface area contributed by atoms with Crippen molar-refractivity contribution in [2.24, 2.45) is 0 Å². The number of sulfone groups is 1. The molecule has 0 aliphatic carbocycles. The first-order valence-electron chi connectivity index (χ1n) is 22.1. The maximum absolute atomic E-state index is 12.1. The SMILES string of the molecule is CCCCCCC=CCCCCCCCCC(=O)O.CCCc1ccc(C(=O)O)cc1.COC(=O)c1ccccc1NC(=O)C(Br)C(Br)C(=O)O.CSc1sc(C(=O)O)c(Cl)c1S(=O)(=O)C(C)C. The molecule has 0 radical (unpaired) electrons. The fraction of sp³-hybridized carbons (Fsp3) is 0.500. The van der Waals surface area contributed by atoms with E-state index in [1.807, 2.05) is 12.1 Å². The van der Waals surface area contributed by atoms with Gasteiger partial charge < -0.3 is 30.5 Å². The number of thiophene rings is 1. The Morgan fingerprint density at radius 3 is 1.79 bits per heavy atom. The highest BCUT2D eigenvalue weighted by Gasteiger charge is 2.32. The number of para-hydroxylation sites is 1. The van der Waals surface area contributed by atoms with E-state index in [-0.39, 0.29) is 26.0 Å². The zero-order valence-electron chi connectivity index (χ0n) is 39.4. The van der Waals surface area contributed by atoms with Crippen LogP contribution in [-0.4, -0.2) is 92.9 Å². The molecule has 14 nitrogen and oxygen atoms in total. The van der Waals surface area contributed by atoms with Gasteiger partial charge in [-0.3, -0.25) is 14.4 Å². The van der Waals surface area contributed by atoms with Crippen LogP contribution in [0.3, 0.4) is 0 Å². The van der Waals surface area contributed by atoms with Crippen molar-refractivity contribution in [3.05, 3.63) is 87.3 Å². The number of aromatic carboxylic acids is 2. The number of amides is 1. The topological polar surface area (TPSA) is 239 Å². The molecule has 0 bridgehead atoms. The highest BCUT2D eigenvalue weighted by atomic mass is 79.9. The molecule has 1 heterocycles. The summed E-state index contributed by atoms with van der Waals surface area (Å²) in [6.07, 6.45) is 23.6. The van der Waals surface area contributed by atoms with Gasteiger partial charge >= 0.3 is 29.8 Å². The van der Waals surface area contributed by atoms with E-state index in [0.29, 0.717) is 16.2 Å². The van der Waals surface area contributed by atoms with E-state index in [4.69, 9.17) is 32.0 Å². The molecule has 68 heavy (non-hydrogen) atoms. The Morgan fingerprint density at radius 1 is 0.779 bits per heavy atom. The van der Waals surface area contributed by atoms with Crippen molar-refractivity contribution in [1.29, 1.82) is 0 Å². The first-order chi connectivity index (χ1) is 32.1. The lowest BCUT2D eigenvalue weighted by atomic mass is 10.1. The molecule has 5 N–H and O–H groups in total. The average molecular weight is 1160 g/mol. The molecule has 2 atom stereocenters. The van der Waals surface area contributed by atoms with E-state index in [9.17, 15) is 37.2 Å². The van der Waals surface area contributed by atoms with Crippen molar-refractivity contribution in [3.8, 4) is 0 Å². The number of unbranched alkanes of at least 4 members (excludes halogenated alkanes) is 10. The standard InChI is InChI=1S/C17H32O2.C12H11Br2NO5.C10H12O2.C9H11ClO4S3/c1-2-3-4-5-6-7-8-9-10-11-12-13-14-15-16-17(18)19;1-20-12(19)6-4-2-3-5-7(6)15-10(16)8(13)9(14)11(17)18;1-2-3-8-4-6-9(7-5-8)10(11)12;1-4(2)17(13,14)7-5(10)6(8(11)12)16-9(7)15-3/h7-8H,2-6,9-16H2,1H3,(H,18,19);2-5,8-9H,1H3,(H,15,16)(H,17,18);4-7H,2-3H2,1H3,(H,11,12);4H,1-3H3,(H,11,12). The molecular formula is C48H66Br2ClNO13S3. The quantitative estimate of drug-likeness (QED) is 0.0165. The number of allylic oxidation sites excluding steroid dienone is 2. The van der Waals surface area contributed by atoms with E-state index in [1.54, 1.807) is 30.5 Å². The van der Waals surface area contributed by atoms with Crippen molar-refractivity contribution in [2.45, 2.75) is 148 Å². The van der Waals surface area contributed by atoms with Gasteiger partial charge in [-0.1, -0.05) is 145 Å². The minimum atomic E-state index is -3.57. The van der Waals surface area contributed by atoms with Crippen LogP contribution in [-0.2, 0) is 35.4 Å². The highest BCUT2D eigenvalue weighted by molar-refractivity contribution is 9.12. The molecule has 0 spiro atoms.